The van der Waals surface area contributed by atoms with Gasteiger partial charge in [0.2, 0.25) is 11.9 Å². The predicted octanol–water partition coefficient (Wildman–Crippen LogP) is 1.93. The lowest BCUT2D eigenvalue weighted by molar-refractivity contribution is 0.208. The first-order chi connectivity index (χ1) is 11.6. The summed E-state index contributed by atoms with van der Waals surface area (Å²) in [6, 6.07) is 0. The van der Waals surface area contributed by atoms with Crippen LogP contribution in [-0.4, -0.2) is 57.3 Å². The van der Waals surface area contributed by atoms with Crippen LogP contribution in [0.25, 0.3) is 11.0 Å². The first kappa shape index (κ1) is 20.9. The van der Waals surface area contributed by atoms with Gasteiger partial charge >= 0.3 is 0 Å². The number of halogens is 1. The van der Waals surface area contributed by atoms with Crippen molar-refractivity contribution in [1.29, 1.82) is 0 Å². The molecule has 0 aliphatic rings. The Kier molecular flexibility index (Phi) is 8.36. The van der Waals surface area contributed by atoms with Crippen LogP contribution in [0.2, 0.25) is 0 Å². The number of aliphatic hydroxyl groups is 1. The zero-order chi connectivity index (χ0) is 17.5. The minimum absolute atomic E-state index is 0. The molecule has 2 heterocycles. The highest BCUT2D eigenvalue weighted by molar-refractivity contribution is 5.94. The highest BCUT2D eigenvalue weighted by atomic mass is 35.5. The van der Waals surface area contributed by atoms with Crippen molar-refractivity contribution in [2.45, 2.75) is 33.8 Å². The summed E-state index contributed by atoms with van der Waals surface area (Å²) in [4.78, 5) is 18.0. The Morgan fingerprint density at radius 1 is 0.760 bits per heavy atom. The molecule has 0 bridgehead atoms. The molecule has 0 aromatic carbocycles. The molecule has 5 N–H and O–H groups in total. The van der Waals surface area contributed by atoms with E-state index in [0.29, 0.717) is 54.2 Å². The Morgan fingerprint density at radius 3 is 1.60 bits per heavy atom. The Balaban J connectivity index is 0.00000312. The third-order valence-electron chi connectivity index (χ3n) is 3.12. The van der Waals surface area contributed by atoms with Crippen LogP contribution in [0, 0.1) is 0 Å². The summed E-state index contributed by atoms with van der Waals surface area (Å²) in [5, 5.41) is 22.1. The van der Waals surface area contributed by atoms with Gasteiger partial charge in [-0.05, 0) is 27.7 Å². The highest BCUT2D eigenvalue weighted by Gasteiger charge is 2.15. The van der Waals surface area contributed by atoms with Crippen molar-refractivity contribution in [3.8, 4) is 0 Å². The van der Waals surface area contributed by atoms with Gasteiger partial charge in [0.15, 0.2) is 11.6 Å². The number of nitrogens with zero attached hydrogens (tertiary/aromatic N) is 4. The molecule has 0 aliphatic carbocycles. The van der Waals surface area contributed by atoms with Crippen LogP contribution in [0.3, 0.4) is 0 Å². The van der Waals surface area contributed by atoms with E-state index in [1.165, 1.54) is 0 Å². The van der Waals surface area contributed by atoms with E-state index in [-0.39, 0.29) is 12.4 Å². The summed E-state index contributed by atoms with van der Waals surface area (Å²) in [6.45, 7) is 10.2. The normalized spacial score (nSPS) is 11.6. The van der Waals surface area contributed by atoms with Gasteiger partial charge < -0.3 is 26.4 Å². The van der Waals surface area contributed by atoms with E-state index in [9.17, 15) is 5.11 Å². The fourth-order valence-electron chi connectivity index (χ4n) is 2.15. The van der Waals surface area contributed by atoms with Crippen LogP contribution >= 0.6 is 12.4 Å². The average molecular weight is 371 g/mol. The van der Waals surface area contributed by atoms with Crippen molar-refractivity contribution >= 4 is 47.0 Å². The second-order valence-corrected chi connectivity index (χ2v) is 5.31. The lowest BCUT2D eigenvalue weighted by atomic mass is 10.3. The smallest absolute Gasteiger partial charge is 0.225 e. The Labute approximate surface area is 153 Å². The maximum atomic E-state index is 9.45. The minimum atomic E-state index is -0.493. The second-order valence-electron chi connectivity index (χ2n) is 5.31. The van der Waals surface area contributed by atoms with Crippen LogP contribution in [0.15, 0.2) is 0 Å². The van der Waals surface area contributed by atoms with Crippen LogP contribution in [-0.2, 0) is 0 Å². The summed E-state index contributed by atoms with van der Waals surface area (Å²) in [6.07, 6.45) is -0.493. The third-order valence-corrected chi connectivity index (χ3v) is 3.12. The van der Waals surface area contributed by atoms with E-state index in [4.69, 9.17) is 0 Å². The van der Waals surface area contributed by atoms with E-state index in [1.54, 1.807) is 6.92 Å². The van der Waals surface area contributed by atoms with E-state index in [2.05, 4.69) is 41.2 Å². The van der Waals surface area contributed by atoms with E-state index < -0.39 is 6.10 Å². The topological polar surface area (TPSA) is 120 Å². The molecule has 140 valence electrons. The summed E-state index contributed by atoms with van der Waals surface area (Å²) >= 11 is 0. The van der Waals surface area contributed by atoms with E-state index in [0.717, 1.165) is 6.54 Å². The van der Waals surface area contributed by atoms with Gasteiger partial charge in [0, 0.05) is 26.2 Å². The maximum Gasteiger partial charge on any atom is 0.225 e. The number of hydrogen-bond donors (Lipinski definition) is 5. The molecule has 2 aromatic heterocycles. The zero-order valence-electron chi connectivity index (χ0n) is 15.1. The maximum absolute atomic E-state index is 9.45. The molecule has 2 rings (SSSR count). The molecule has 25 heavy (non-hydrogen) atoms. The van der Waals surface area contributed by atoms with Gasteiger partial charge in [-0.2, -0.15) is 9.97 Å². The van der Waals surface area contributed by atoms with Gasteiger partial charge in [-0.1, -0.05) is 0 Å². The molecule has 0 fully saturated rings. The van der Waals surface area contributed by atoms with Gasteiger partial charge in [-0.3, -0.25) is 0 Å². The van der Waals surface area contributed by atoms with Crippen molar-refractivity contribution in [3.63, 3.8) is 0 Å². The molecular weight excluding hydrogens is 344 g/mol. The molecule has 0 spiro atoms. The number of hydrogen-bond acceptors (Lipinski definition) is 9. The second kappa shape index (κ2) is 10.00. The average Bonchev–Trinajstić information content (AvgIpc) is 2.54. The molecule has 0 radical (unpaired) electrons. The van der Waals surface area contributed by atoms with Crippen molar-refractivity contribution in [1.82, 2.24) is 19.9 Å². The fraction of sp³-hybridized carbons (Fsp3) is 0.600. The highest BCUT2D eigenvalue weighted by Crippen LogP contribution is 2.26. The SMILES string of the molecule is CCNc1nc(NCC)c2nc(NC[C@H](C)O)nc(NCC)c2n1.Cl. The van der Waals surface area contributed by atoms with Crippen molar-refractivity contribution in [2.75, 3.05) is 47.4 Å². The van der Waals surface area contributed by atoms with Crippen LogP contribution in [0.5, 0.6) is 0 Å². The lowest BCUT2D eigenvalue weighted by Crippen LogP contribution is -2.18. The van der Waals surface area contributed by atoms with Gasteiger partial charge in [0.25, 0.3) is 0 Å². The van der Waals surface area contributed by atoms with Crippen LogP contribution < -0.4 is 21.3 Å². The van der Waals surface area contributed by atoms with Gasteiger partial charge in [0.05, 0.1) is 6.10 Å². The van der Waals surface area contributed by atoms with Gasteiger partial charge in [-0.25, -0.2) is 9.97 Å². The van der Waals surface area contributed by atoms with Crippen molar-refractivity contribution < 1.29 is 5.11 Å². The number of anilines is 4. The minimum Gasteiger partial charge on any atom is -0.392 e. The van der Waals surface area contributed by atoms with Crippen LogP contribution in [0.1, 0.15) is 27.7 Å². The lowest BCUT2D eigenvalue weighted by Gasteiger charge is -2.14. The number of rotatable bonds is 9. The summed E-state index contributed by atoms with van der Waals surface area (Å²) < 4.78 is 0. The molecule has 10 heteroatoms. The first-order valence-corrected chi connectivity index (χ1v) is 8.32. The Bertz CT molecular complexity index is 682. The molecule has 2 aromatic rings. The molecule has 0 aliphatic heterocycles. The first-order valence-electron chi connectivity index (χ1n) is 8.32. The number of aliphatic hydroxyl groups excluding tert-OH is 1. The number of fused-ring (bicyclic) bond motifs is 1. The zero-order valence-corrected chi connectivity index (χ0v) is 15.9. The Hall–Kier alpha value is -2.13. The standard InChI is InChI=1S/C15H26N8O.ClH/c1-5-16-12-11-10(20-14(22-12)18-7-3)13(17-6-2)23-15(21-11)19-8-9(4)24;/h9,24H,5-8H2,1-4H3,(H2,16,18,20,22)(H2,17,19,21,23);1H/t9-;/m0./s1. The number of nitrogens with one attached hydrogen (secondary N) is 4. The molecule has 9 nitrogen and oxygen atoms in total. The van der Waals surface area contributed by atoms with E-state index in [1.807, 2.05) is 20.8 Å². The largest absolute Gasteiger partial charge is 0.392 e. The summed E-state index contributed by atoms with van der Waals surface area (Å²) in [5.41, 5.74) is 1.29. The molecular formula is C15H27ClN8O. The summed E-state index contributed by atoms with van der Waals surface area (Å²) in [7, 11) is 0. The number of aromatic nitrogens is 4. The summed E-state index contributed by atoms with van der Waals surface area (Å²) in [5.74, 6) is 2.25. The van der Waals surface area contributed by atoms with Gasteiger partial charge in [-0.15, -0.1) is 12.4 Å². The quantitative estimate of drug-likeness (QED) is 0.450. The third kappa shape index (κ3) is 5.43. The predicted molar refractivity (Wildman–Crippen MR) is 105 cm³/mol. The monoisotopic (exact) mass is 370 g/mol. The molecule has 0 saturated carbocycles. The fourth-order valence-corrected chi connectivity index (χ4v) is 2.15. The molecule has 0 saturated heterocycles. The van der Waals surface area contributed by atoms with Crippen molar-refractivity contribution in [3.05, 3.63) is 0 Å². The van der Waals surface area contributed by atoms with Gasteiger partial charge in [0.1, 0.15) is 11.0 Å². The van der Waals surface area contributed by atoms with Crippen molar-refractivity contribution in [2.24, 2.45) is 0 Å². The Morgan fingerprint density at radius 2 is 1.20 bits per heavy atom. The molecule has 0 unspecified atom stereocenters. The van der Waals surface area contributed by atoms with E-state index >= 15 is 0 Å². The molecule has 1 atom stereocenters. The molecule has 0 amide bonds. The van der Waals surface area contributed by atoms with Crippen LogP contribution in [0.4, 0.5) is 23.5 Å².